The largest absolute Gasteiger partial charge is 0.326 e. The van der Waals surface area contributed by atoms with Crippen LogP contribution < -0.4 is 11.1 Å². The van der Waals surface area contributed by atoms with Crippen LogP contribution in [0.3, 0.4) is 0 Å². The highest BCUT2D eigenvalue weighted by atomic mass is 16.1. The molecule has 0 aliphatic rings. The molecular weight excluding hydrogens is 362 g/mol. The quantitative estimate of drug-likeness (QED) is 0.546. The summed E-state index contributed by atoms with van der Waals surface area (Å²) in [5, 5.41) is 11.4. The van der Waals surface area contributed by atoms with Gasteiger partial charge in [-0.1, -0.05) is 47.7 Å². The first-order valence-corrected chi connectivity index (χ1v) is 9.33. The van der Waals surface area contributed by atoms with Gasteiger partial charge in [-0.15, -0.1) is 5.10 Å². The average Bonchev–Trinajstić information content (AvgIpc) is 3.25. The molecule has 3 N–H and O–H groups in total. The van der Waals surface area contributed by atoms with Crippen LogP contribution in [-0.4, -0.2) is 20.9 Å². The van der Waals surface area contributed by atoms with E-state index in [2.05, 4.69) is 15.6 Å². The molecule has 0 radical (unpaired) electrons. The van der Waals surface area contributed by atoms with Gasteiger partial charge >= 0.3 is 0 Å². The second-order valence-corrected chi connectivity index (χ2v) is 6.77. The van der Waals surface area contributed by atoms with Gasteiger partial charge in [-0.2, -0.15) is 0 Å². The number of nitrogens with zero attached hydrogens (tertiary/aromatic N) is 3. The van der Waals surface area contributed by atoms with Crippen molar-refractivity contribution >= 4 is 11.6 Å². The lowest BCUT2D eigenvalue weighted by Crippen LogP contribution is -2.13. The average molecular weight is 383 g/mol. The summed E-state index contributed by atoms with van der Waals surface area (Å²) in [4.78, 5) is 12.7. The standard InChI is InChI=1S/C23H21N5O/c1-16-7-10-18(13-21(16)23(29)25-19-5-3-2-4-6-19)22-15-28(27-26-22)20-11-8-17(14-24)9-12-20/h2-13,15H,14,24H2,1H3,(H,25,29). The van der Waals surface area contributed by atoms with Crippen molar-refractivity contribution in [1.29, 1.82) is 0 Å². The number of amides is 1. The SMILES string of the molecule is Cc1ccc(-c2cn(-c3ccc(CN)cc3)nn2)cc1C(=O)Nc1ccccc1. The minimum Gasteiger partial charge on any atom is -0.326 e. The minimum atomic E-state index is -0.152. The van der Waals surface area contributed by atoms with Gasteiger partial charge in [-0.25, -0.2) is 4.68 Å². The van der Waals surface area contributed by atoms with E-state index in [1.54, 1.807) is 4.68 Å². The lowest BCUT2D eigenvalue weighted by molar-refractivity contribution is 0.102. The summed E-state index contributed by atoms with van der Waals surface area (Å²) >= 11 is 0. The number of anilines is 1. The van der Waals surface area contributed by atoms with E-state index in [1.807, 2.05) is 85.9 Å². The monoisotopic (exact) mass is 383 g/mol. The summed E-state index contributed by atoms with van der Waals surface area (Å²) in [6, 6.07) is 23.0. The third kappa shape index (κ3) is 4.07. The molecule has 1 amide bonds. The third-order valence-electron chi connectivity index (χ3n) is 4.74. The Morgan fingerprint density at radius 1 is 1.03 bits per heavy atom. The smallest absolute Gasteiger partial charge is 0.255 e. The van der Waals surface area contributed by atoms with Crippen molar-refractivity contribution in [3.8, 4) is 16.9 Å². The molecule has 4 aromatic rings. The molecule has 0 atom stereocenters. The minimum absolute atomic E-state index is 0.152. The predicted octanol–water partition coefficient (Wildman–Crippen LogP) is 3.95. The molecule has 0 aliphatic carbocycles. The molecule has 0 saturated carbocycles. The van der Waals surface area contributed by atoms with Crippen molar-refractivity contribution in [2.75, 3.05) is 5.32 Å². The van der Waals surface area contributed by atoms with Crippen LogP contribution in [0.1, 0.15) is 21.5 Å². The first kappa shape index (κ1) is 18.6. The molecule has 6 nitrogen and oxygen atoms in total. The molecule has 4 rings (SSSR count). The lowest BCUT2D eigenvalue weighted by atomic mass is 10.0. The summed E-state index contributed by atoms with van der Waals surface area (Å²) < 4.78 is 1.71. The van der Waals surface area contributed by atoms with Gasteiger partial charge in [-0.05, 0) is 48.4 Å². The fraction of sp³-hybridized carbons (Fsp3) is 0.0870. The number of nitrogens with two attached hydrogens (primary N) is 1. The third-order valence-corrected chi connectivity index (χ3v) is 4.74. The highest BCUT2D eigenvalue weighted by Crippen LogP contribution is 2.22. The number of hydrogen-bond donors (Lipinski definition) is 2. The molecule has 0 aliphatic heterocycles. The first-order valence-electron chi connectivity index (χ1n) is 9.33. The zero-order valence-corrected chi connectivity index (χ0v) is 16.0. The number of hydrogen-bond acceptors (Lipinski definition) is 4. The Morgan fingerprint density at radius 3 is 2.52 bits per heavy atom. The van der Waals surface area contributed by atoms with Crippen LogP contribution in [0.5, 0.6) is 0 Å². The Balaban J connectivity index is 1.60. The van der Waals surface area contributed by atoms with Crippen molar-refractivity contribution in [2.45, 2.75) is 13.5 Å². The zero-order valence-electron chi connectivity index (χ0n) is 16.0. The molecule has 0 bridgehead atoms. The van der Waals surface area contributed by atoms with Gasteiger partial charge < -0.3 is 11.1 Å². The molecule has 1 aromatic heterocycles. The van der Waals surface area contributed by atoms with E-state index in [9.17, 15) is 4.79 Å². The second-order valence-electron chi connectivity index (χ2n) is 6.77. The number of carbonyl (C=O) groups is 1. The number of aromatic nitrogens is 3. The molecule has 1 heterocycles. The van der Waals surface area contributed by atoms with Crippen molar-refractivity contribution in [3.63, 3.8) is 0 Å². The predicted molar refractivity (Wildman–Crippen MR) is 114 cm³/mol. The highest BCUT2D eigenvalue weighted by molar-refractivity contribution is 6.05. The molecule has 6 heteroatoms. The fourth-order valence-electron chi connectivity index (χ4n) is 3.05. The molecule has 144 valence electrons. The van der Waals surface area contributed by atoms with Crippen LogP contribution in [0.25, 0.3) is 16.9 Å². The van der Waals surface area contributed by atoms with Crippen LogP contribution in [0.4, 0.5) is 5.69 Å². The molecule has 0 fully saturated rings. The van der Waals surface area contributed by atoms with Gasteiger partial charge in [0.1, 0.15) is 5.69 Å². The molecule has 0 saturated heterocycles. The van der Waals surface area contributed by atoms with Gasteiger partial charge in [0.15, 0.2) is 0 Å². The zero-order chi connectivity index (χ0) is 20.2. The van der Waals surface area contributed by atoms with Gasteiger partial charge in [0.05, 0.1) is 11.9 Å². The van der Waals surface area contributed by atoms with Crippen molar-refractivity contribution in [2.24, 2.45) is 5.73 Å². The summed E-state index contributed by atoms with van der Waals surface area (Å²) in [5.41, 5.74) is 11.4. The molecular formula is C23H21N5O. The molecule has 0 unspecified atom stereocenters. The van der Waals surface area contributed by atoms with E-state index < -0.39 is 0 Å². The Bertz CT molecular complexity index is 1130. The van der Waals surface area contributed by atoms with Gasteiger partial charge in [-0.3, -0.25) is 4.79 Å². The maximum Gasteiger partial charge on any atom is 0.255 e. The second kappa shape index (κ2) is 8.08. The van der Waals surface area contributed by atoms with E-state index >= 15 is 0 Å². The molecule has 3 aromatic carbocycles. The summed E-state index contributed by atoms with van der Waals surface area (Å²) in [6.45, 7) is 2.42. The number of aryl methyl sites for hydroxylation is 1. The summed E-state index contributed by atoms with van der Waals surface area (Å²) in [6.07, 6.45) is 1.85. The fourth-order valence-corrected chi connectivity index (χ4v) is 3.05. The Labute approximate surface area is 169 Å². The number of nitrogens with one attached hydrogen (secondary N) is 1. The van der Waals surface area contributed by atoms with Gasteiger partial charge in [0.2, 0.25) is 0 Å². The Kier molecular flexibility index (Phi) is 5.18. The maximum atomic E-state index is 12.7. The maximum absolute atomic E-state index is 12.7. The van der Waals surface area contributed by atoms with Gasteiger partial charge in [0.25, 0.3) is 5.91 Å². The first-order chi connectivity index (χ1) is 14.1. The van der Waals surface area contributed by atoms with E-state index in [-0.39, 0.29) is 5.91 Å². The van der Waals surface area contributed by atoms with Crippen LogP contribution in [-0.2, 0) is 6.54 Å². The molecule has 0 spiro atoms. The van der Waals surface area contributed by atoms with Crippen LogP contribution >= 0.6 is 0 Å². The van der Waals surface area contributed by atoms with Gasteiger partial charge in [0, 0.05) is 23.4 Å². The van der Waals surface area contributed by atoms with Crippen LogP contribution in [0.2, 0.25) is 0 Å². The topological polar surface area (TPSA) is 85.8 Å². The van der Waals surface area contributed by atoms with Crippen LogP contribution in [0.15, 0.2) is 79.0 Å². The van der Waals surface area contributed by atoms with Crippen molar-refractivity contribution in [3.05, 3.63) is 95.7 Å². The number of rotatable bonds is 5. The lowest BCUT2D eigenvalue weighted by Gasteiger charge is -2.09. The normalized spacial score (nSPS) is 10.7. The van der Waals surface area contributed by atoms with E-state index in [0.29, 0.717) is 17.8 Å². The van der Waals surface area contributed by atoms with Crippen LogP contribution in [0, 0.1) is 6.92 Å². The Hall–Kier alpha value is -3.77. The van der Waals surface area contributed by atoms with E-state index in [0.717, 1.165) is 28.1 Å². The summed E-state index contributed by atoms with van der Waals surface area (Å²) in [7, 11) is 0. The summed E-state index contributed by atoms with van der Waals surface area (Å²) in [5.74, 6) is -0.152. The molecule has 29 heavy (non-hydrogen) atoms. The van der Waals surface area contributed by atoms with Crippen molar-refractivity contribution < 1.29 is 4.79 Å². The number of carbonyl (C=O) groups excluding carboxylic acids is 1. The Morgan fingerprint density at radius 2 is 1.79 bits per heavy atom. The van der Waals surface area contributed by atoms with E-state index in [1.165, 1.54) is 0 Å². The number of para-hydroxylation sites is 1. The van der Waals surface area contributed by atoms with E-state index in [4.69, 9.17) is 5.73 Å². The van der Waals surface area contributed by atoms with Crippen molar-refractivity contribution in [1.82, 2.24) is 15.0 Å². The highest BCUT2D eigenvalue weighted by Gasteiger charge is 2.13. The number of benzene rings is 3.